The van der Waals surface area contributed by atoms with Crippen molar-refractivity contribution in [2.24, 2.45) is 0 Å². The summed E-state index contributed by atoms with van der Waals surface area (Å²) in [5, 5.41) is 20.6. The molecular weight excluding hydrogens is 566 g/mol. The first-order chi connectivity index (χ1) is 17.4. The number of carboxylic acid groups (broad SMARTS) is 1. The van der Waals surface area contributed by atoms with E-state index >= 15 is 0 Å². The minimum atomic E-state index is -1.06. The third-order valence-corrected chi connectivity index (χ3v) is 7.99. The lowest BCUT2D eigenvalue weighted by Gasteiger charge is -2.15. The lowest BCUT2D eigenvalue weighted by Crippen LogP contribution is -2.08. The molecule has 5 rings (SSSR count). The van der Waals surface area contributed by atoms with Gasteiger partial charge in [0.25, 0.3) is 0 Å². The van der Waals surface area contributed by atoms with Crippen molar-refractivity contribution in [1.29, 1.82) is 0 Å². The fraction of sp³-hybridized carbons (Fsp3) is 0.231. The zero-order chi connectivity index (χ0) is 25.4. The van der Waals surface area contributed by atoms with E-state index in [0.717, 1.165) is 16.8 Å². The highest BCUT2D eigenvalue weighted by Gasteiger charge is 2.27. The Hall–Kier alpha value is -2.88. The Balaban J connectivity index is 1.41. The van der Waals surface area contributed by atoms with Crippen molar-refractivity contribution >= 4 is 61.8 Å². The van der Waals surface area contributed by atoms with Crippen molar-refractivity contribution in [3.05, 3.63) is 75.0 Å². The standard InChI is InChI=1S/C26H21BrClN3O4S/c1-35-18-6-7-20-19(14-2-3-14)8-9-23(21(20)12-18)31-25(27)29-30-26(31)36-13-17(32)10-15-4-5-16(24(33)34)11-22(15)28/h4-9,11-12,14H,2-3,10,13H2,1H3,(H,33,34). The number of methoxy groups -OCH3 is 1. The fourth-order valence-corrected chi connectivity index (χ4v) is 5.80. The van der Waals surface area contributed by atoms with Crippen LogP contribution in [-0.2, 0) is 11.2 Å². The summed E-state index contributed by atoms with van der Waals surface area (Å²) in [6.45, 7) is 0. The summed E-state index contributed by atoms with van der Waals surface area (Å²) in [7, 11) is 1.65. The molecule has 3 aromatic carbocycles. The molecule has 0 spiro atoms. The summed E-state index contributed by atoms with van der Waals surface area (Å²) < 4.78 is 7.92. The number of benzene rings is 3. The molecule has 1 N–H and O–H groups in total. The second-order valence-corrected chi connectivity index (χ2v) is 10.6. The number of rotatable bonds is 9. The normalized spacial score (nSPS) is 13.2. The van der Waals surface area contributed by atoms with Gasteiger partial charge in [0.05, 0.1) is 24.1 Å². The number of hydrogen-bond acceptors (Lipinski definition) is 6. The summed E-state index contributed by atoms with van der Waals surface area (Å²) in [4.78, 5) is 23.9. The molecule has 0 unspecified atom stereocenters. The maximum absolute atomic E-state index is 12.8. The second kappa shape index (κ2) is 10.2. The van der Waals surface area contributed by atoms with Gasteiger partial charge in [0.2, 0.25) is 4.73 Å². The van der Waals surface area contributed by atoms with E-state index in [-0.39, 0.29) is 28.5 Å². The summed E-state index contributed by atoms with van der Waals surface area (Å²) in [6.07, 6.45) is 2.49. The van der Waals surface area contributed by atoms with Gasteiger partial charge in [-0.3, -0.25) is 9.36 Å². The highest BCUT2D eigenvalue weighted by atomic mass is 79.9. The summed E-state index contributed by atoms with van der Waals surface area (Å²) in [6, 6.07) is 14.7. The Morgan fingerprint density at radius 1 is 1.14 bits per heavy atom. The molecule has 10 heteroatoms. The number of carboxylic acids is 1. The Morgan fingerprint density at radius 3 is 2.64 bits per heavy atom. The van der Waals surface area contributed by atoms with E-state index < -0.39 is 5.97 Å². The maximum Gasteiger partial charge on any atom is 0.335 e. The number of carbonyl (C=O) groups excluding carboxylic acids is 1. The van der Waals surface area contributed by atoms with E-state index in [0.29, 0.717) is 21.4 Å². The number of aromatic nitrogens is 3. The molecule has 0 saturated heterocycles. The summed E-state index contributed by atoms with van der Waals surface area (Å²) in [5.41, 5.74) is 2.90. The Kier molecular flexibility index (Phi) is 7.05. The third-order valence-electron chi connectivity index (χ3n) is 6.14. The van der Waals surface area contributed by atoms with Gasteiger partial charge in [0, 0.05) is 16.8 Å². The monoisotopic (exact) mass is 585 g/mol. The van der Waals surface area contributed by atoms with Crippen molar-refractivity contribution in [2.45, 2.75) is 30.3 Å². The van der Waals surface area contributed by atoms with Crippen molar-refractivity contribution in [1.82, 2.24) is 14.8 Å². The molecule has 1 heterocycles. The van der Waals surface area contributed by atoms with E-state index in [1.165, 1.54) is 47.7 Å². The van der Waals surface area contributed by atoms with E-state index in [2.05, 4.69) is 44.3 Å². The highest BCUT2D eigenvalue weighted by Crippen LogP contribution is 2.45. The first kappa shape index (κ1) is 24.8. The topological polar surface area (TPSA) is 94.3 Å². The van der Waals surface area contributed by atoms with Gasteiger partial charge in [0.15, 0.2) is 5.16 Å². The van der Waals surface area contributed by atoms with Crippen LogP contribution in [0.25, 0.3) is 16.5 Å². The first-order valence-electron chi connectivity index (χ1n) is 11.2. The van der Waals surface area contributed by atoms with Gasteiger partial charge in [-0.1, -0.05) is 41.6 Å². The van der Waals surface area contributed by atoms with E-state index in [4.69, 9.17) is 21.4 Å². The molecule has 36 heavy (non-hydrogen) atoms. The van der Waals surface area contributed by atoms with Gasteiger partial charge < -0.3 is 9.84 Å². The summed E-state index contributed by atoms with van der Waals surface area (Å²) >= 11 is 11.0. The van der Waals surface area contributed by atoms with Crippen molar-refractivity contribution in [2.75, 3.05) is 12.9 Å². The SMILES string of the molecule is COc1ccc2c(C3CC3)ccc(-n3c(Br)nnc3SCC(=O)Cc3ccc(C(=O)O)cc3Cl)c2c1. The third kappa shape index (κ3) is 5.00. The Morgan fingerprint density at radius 2 is 1.94 bits per heavy atom. The molecule has 1 aliphatic rings. The van der Waals surface area contributed by atoms with Crippen molar-refractivity contribution in [3.8, 4) is 11.4 Å². The number of nitrogens with zero attached hydrogens (tertiary/aromatic N) is 3. The van der Waals surface area contributed by atoms with Gasteiger partial charge in [-0.25, -0.2) is 4.79 Å². The molecule has 1 saturated carbocycles. The number of ketones is 1. The molecule has 0 amide bonds. The van der Waals surface area contributed by atoms with Gasteiger partial charge in [-0.05, 0) is 81.5 Å². The van der Waals surface area contributed by atoms with Crippen LogP contribution in [0.2, 0.25) is 5.02 Å². The predicted molar refractivity (Wildman–Crippen MR) is 143 cm³/mol. The number of carbonyl (C=O) groups is 2. The van der Waals surface area contributed by atoms with Crippen LogP contribution in [-0.4, -0.2) is 44.5 Å². The average Bonchev–Trinajstić information content (AvgIpc) is 3.65. The van der Waals surface area contributed by atoms with E-state index in [1.807, 2.05) is 16.7 Å². The zero-order valence-corrected chi connectivity index (χ0v) is 22.4. The van der Waals surface area contributed by atoms with Crippen LogP contribution in [0.15, 0.2) is 58.4 Å². The number of hydrogen-bond donors (Lipinski definition) is 1. The van der Waals surface area contributed by atoms with Crippen molar-refractivity contribution in [3.63, 3.8) is 0 Å². The summed E-state index contributed by atoms with van der Waals surface area (Å²) in [5.74, 6) is 0.374. The Labute approximate surface area is 224 Å². The zero-order valence-electron chi connectivity index (χ0n) is 19.2. The molecule has 0 atom stereocenters. The average molecular weight is 587 g/mol. The molecule has 0 bridgehead atoms. The lowest BCUT2D eigenvalue weighted by molar-refractivity contribution is -0.116. The molecule has 184 valence electrons. The number of Topliss-reactive ketones (excluding diaryl/α,β-unsaturated/α-hetero) is 1. The molecule has 1 aliphatic carbocycles. The predicted octanol–water partition coefficient (Wildman–Crippen LogP) is 6.32. The maximum atomic E-state index is 12.8. The highest BCUT2D eigenvalue weighted by molar-refractivity contribution is 9.10. The molecule has 1 aromatic heterocycles. The number of ether oxygens (including phenoxy) is 1. The van der Waals surface area contributed by atoms with Crippen LogP contribution in [0.3, 0.4) is 0 Å². The van der Waals surface area contributed by atoms with Crippen LogP contribution in [0.1, 0.15) is 40.2 Å². The van der Waals surface area contributed by atoms with E-state index in [9.17, 15) is 9.59 Å². The van der Waals surface area contributed by atoms with Crippen LogP contribution in [0.5, 0.6) is 5.75 Å². The van der Waals surface area contributed by atoms with Crippen LogP contribution < -0.4 is 4.74 Å². The van der Waals surface area contributed by atoms with Crippen LogP contribution in [0.4, 0.5) is 0 Å². The van der Waals surface area contributed by atoms with Crippen LogP contribution in [0, 0.1) is 0 Å². The van der Waals surface area contributed by atoms with Gasteiger partial charge in [0.1, 0.15) is 11.5 Å². The minimum Gasteiger partial charge on any atom is -0.497 e. The molecule has 0 radical (unpaired) electrons. The van der Waals surface area contributed by atoms with Crippen LogP contribution >= 0.6 is 39.3 Å². The molecule has 1 fully saturated rings. The van der Waals surface area contributed by atoms with Crippen molar-refractivity contribution < 1.29 is 19.4 Å². The number of thioether (sulfide) groups is 1. The molecule has 4 aromatic rings. The Bertz CT molecular complexity index is 1500. The van der Waals surface area contributed by atoms with Gasteiger partial charge >= 0.3 is 5.97 Å². The minimum absolute atomic E-state index is 0.0637. The molecule has 0 aliphatic heterocycles. The largest absolute Gasteiger partial charge is 0.497 e. The first-order valence-corrected chi connectivity index (χ1v) is 13.4. The van der Waals surface area contributed by atoms with Gasteiger partial charge in [-0.2, -0.15) is 0 Å². The van der Waals surface area contributed by atoms with E-state index in [1.54, 1.807) is 13.2 Å². The quantitative estimate of drug-likeness (QED) is 0.229. The lowest BCUT2D eigenvalue weighted by atomic mass is 9.99. The number of aromatic carboxylic acids is 1. The van der Waals surface area contributed by atoms with Gasteiger partial charge in [-0.15, -0.1) is 10.2 Å². The number of fused-ring (bicyclic) bond motifs is 1. The number of halogens is 2. The molecular formula is C26H21BrClN3O4S. The second-order valence-electron chi connectivity index (χ2n) is 8.56. The smallest absolute Gasteiger partial charge is 0.335 e. The molecule has 7 nitrogen and oxygen atoms in total. The fourth-order valence-electron chi connectivity index (χ4n) is 4.19.